The van der Waals surface area contributed by atoms with Crippen molar-refractivity contribution >= 4 is 15.9 Å². The Kier molecular flexibility index (Phi) is 4.18. The molecule has 0 radical (unpaired) electrons. The number of amides is 1. The first-order chi connectivity index (χ1) is 11.3. The number of aromatic nitrogens is 3. The van der Waals surface area contributed by atoms with E-state index in [1.807, 2.05) is 4.57 Å². The second kappa shape index (κ2) is 6.02. The van der Waals surface area contributed by atoms with Crippen LogP contribution in [0.3, 0.4) is 0 Å². The number of sulfonamides is 1. The van der Waals surface area contributed by atoms with Crippen LogP contribution >= 0.6 is 0 Å². The lowest BCUT2D eigenvalue weighted by Crippen LogP contribution is -2.44. The summed E-state index contributed by atoms with van der Waals surface area (Å²) in [5.74, 6) is 0.297. The Morgan fingerprint density at radius 2 is 2.21 bits per heavy atom. The van der Waals surface area contributed by atoms with Gasteiger partial charge < -0.3 is 14.0 Å². The number of nitrogens with one attached hydrogen (secondary N) is 1. The Labute approximate surface area is 139 Å². The summed E-state index contributed by atoms with van der Waals surface area (Å²) in [4.78, 5) is 18.6. The number of carbonyl (C=O) groups excluding carboxylic acids is 1. The van der Waals surface area contributed by atoms with Gasteiger partial charge >= 0.3 is 0 Å². The largest absolute Gasteiger partial charge is 0.361 e. The molecule has 0 spiro atoms. The highest BCUT2D eigenvalue weighted by Gasteiger charge is 2.31. The minimum absolute atomic E-state index is 0.178. The van der Waals surface area contributed by atoms with Gasteiger partial charge in [0.05, 0.1) is 36.6 Å². The highest BCUT2D eigenvalue weighted by molar-refractivity contribution is 7.88. The van der Waals surface area contributed by atoms with E-state index in [4.69, 9.17) is 4.52 Å². The molecule has 1 atom stereocenters. The van der Waals surface area contributed by atoms with Crippen molar-refractivity contribution in [3.63, 3.8) is 0 Å². The molecule has 10 heteroatoms. The standard InChI is InChI=1S/C14H19N5O4S/c1-9-13(10(2)23-17-9)14(20)18-6-11-4-15-8-19(11)12(7-18)5-16-24(3,21)22/h4,8,12,16H,5-7H2,1-3H3/t12-/m1/s1. The summed E-state index contributed by atoms with van der Waals surface area (Å²) in [6, 6.07) is -0.226. The third-order valence-corrected chi connectivity index (χ3v) is 4.73. The predicted octanol–water partition coefficient (Wildman–Crippen LogP) is 0.234. The molecule has 0 aliphatic carbocycles. The van der Waals surface area contributed by atoms with Crippen molar-refractivity contribution in [2.24, 2.45) is 0 Å². The number of fused-ring (bicyclic) bond motifs is 1. The van der Waals surface area contributed by atoms with Crippen LogP contribution in [-0.4, -0.2) is 53.3 Å². The second-order valence-electron chi connectivity index (χ2n) is 5.95. The highest BCUT2D eigenvalue weighted by Crippen LogP contribution is 2.24. The van der Waals surface area contributed by atoms with Gasteiger partial charge in [0, 0.05) is 19.3 Å². The van der Waals surface area contributed by atoms with Gasteiger partial charge in [0.1, 0.15) is 11.3 Å². The van der Waals surface area contributed by atoms with E-state index >= 15 is 0 Å². The van der Waals surface area contributed by atoms with Gasteiger partial charge in [0.15, 0.2) is 0 Å². The molecule has 2 aromatic rings. The fourth-order valence-corrected chi connectivity index (χ4v) is 3.39. The zero-order valence-electron chi connectivity index (χ0n) is 13.7. The first kappa shape index (κ1) is 16.7. The van der Waals surface area contributed by atoms with E-state index in [0.29, 0.717) is 30.1 Å². The SMILES string of the molecule is Cc1noc(C)c1C(=O)N1Cc2cncn2[C@H](CNS(C)(=O)=O)C1. The maximum atomic E-state index is 12.8. The predicted molar refractivity (Wildman–Crippen MR) is 84.8 cm³/mol. The number of imidazole rings is 1. The van der Waals surface area contributed by atoms with Gasteiger partial charge in [-0.2, -0.15) is 0 Å². The van der Waals surface area contributed by atoms with Crippen molar-refractivity contribution in [3.05, 3.63) is 35.2 Å². The molecule has 1 N–H and O–H groups in total. The van der Waals surface area contributed by atoms with E-state index in [9.17, 15) is 13.2 Å². The van der Waals surface area contributed by atoms with Gasteiger partial charge in [0.25, 0.3) is 5.91 Å². The normalized spacial score (nSPS) is 17.8. The maximum absolute atomic E-state index is 12.8. The molecule has 1 amide bonds. The lowest BCUT2D eigenvalue weighted by atomic mass is 10.1. The first-order valence-corrected chi connectivity index (χ1v) is 9.33. The summed E-state index contributed by atoms with van der Waals surface area (Å²) < 4.78 is 32.2. The van der Waals surface area contributed by atoms with Gasteiger partial charge in [0.2, 0.25) is 10.0 Å². The maximum Gasteiger partial charge on any atom is 0.259 e. The van der Waals surface area contributed by atoms with Crippen molar-refractivity contribution in [3.8, 4) is 0 Å². The molecule has 0 saturated heterocycles. The van der Waals surface area contributed by atoms with Crippen LogP contribution in [0.2, 0.25) is 0 Å². The first-order valence-electron chi connectivity index (χ1n) is 7.43. The minimum atomic E-state index is -3.32. The third kappa shape index (κ3) is 3.20. The van der Waals surface area contributed by atoms with Crippen LogP contribution in [0.25, 0.3) is 0 Å². The molecule has 1 aliphatic heterocycles. The second-order valence-corrected chi connectivity index (χ2v) is 7.78. The topological polar surface area (TPSA) is 110 Å². The molecular formula is C14H19N5O4S. The van der Waals surface area contributed by atoms with Gasteiger partial charge in [-0.1, -0.05) is 5.16 Å². The molecule has 0 saturated carbocycles. The Morgan fingerprint density at radius 1 is 1.46 bits per heavy atom. The Bertz CT molecular complexity index is 850. The fourth-order valence-electron chi connectivity index (χ4n) is 2.90. The van der Waals surface area contributed by atoms with Gasteiger partial charge in [-0.3, -0.25) is 4.79 Å². The van der Waals surface area contributed by atoms with E-state index in [1.165, 1.54) is 0 Å². The number of aryl methyl sites for hydroxylation is 2. The van der Waals surface area contributed by atoms with Crippen LogP contribution in [0.5, 0.6) is 0 Å². The summed E-state index contributed by atoms with van der Waals surface area (Å²) in [5.41, 5.74) is 1.85. The van der Waals surface area contributed by atoms with E-state index in [1.54, 1.807) is 31.3 Å². The van der Waals surface area contributed by atoms with E-state index in [2.05, 4.69) is 14.9 Å². The van der Waals surface area contributed by atoms with Crippen molar-refractivity contribution < 1.29 is 17.7 Å². The van der Waals surface area contributed by atoms with Crippen LogP contribution in [0.4, 0.5) is 0 Å². The summed E-state index contributed by atoms with van der Waals surface area (Å²) in [6.45, 7) is 4.38. The molecule has 0 aromatic carbocycles. The number of hydrogen-bond acceptors (Lipinski definition) is 6. The summed E-state index contributed by atoms with van der Waals surface area (Å²) >= 11 is 0. The molecule has 3 rings (SSSR count). The molecule has 24 heavy (non-hydrogen) atoms. The summed E-state index contributed by atoms with van der Waals surface area (Å²) in [5, 5.41) is 3.82. The van der Waals surface area contributed by atoms with Crippen LogP contribution < -0.4 is 4.72 Å². The van der Waals surface area contributed by atoms with E-state index in [0.717, 1.165) is 11.9 Å². The molecule has 0 bridgehead atoms. The summed E-state index contributed by atoms with van der Waals surface area (Å²) in [7, 11) is -3.32. The van der Waals surface area contributed by atoms with Crippen molar-refractivity contribution in [2.45, 2.75) is 26.4 Å². The lowest BCUT2D eigenvalue weighted by molar-refractivity contribution is 0.0678. The Hall–Kier alpha value is -2.20. The van der Waals surface area contributed by atoms with E-state index < -0.39 is 10.0 Å². The van der Waals surface area contributed by atoms with Crippen LogP contribution in [0.1, 0.15) is 33.5 Å². The van der Waals surface area contributed by atoms with Crippen LogP contribution in [0, 0.1) is 13.8 Å². The molecule has 3 heterocycles. The third-order valence-electron chi connectivity index (χ3n) is 4.04. The van der Waals surface area contributed by atoms with Gasteiger partial charge in [-0.05, 0) is 13.8 Å². The average Bonchev–Trinajstić information content (AvgIpc) is 3.10. The number of carbonyl (C=O) groups is 1. The minimum Gasteiger partial charge on any atom is -0.361 e. The molecule has 9 nitrogen and oxygen atoms in total. The number of nitrogens with zero attached hydrogens (tertiary/aromatic N) is 4. The zero-order valence-corrected chi connectivity index (χ0v) is 14.5. The zero-order chi connectivity index (χ0) is 17.5. The smallest absolute Gasteiger partial charge is 0.259 e. The average molecular weight is 353 g/mol. The van der Waals surface area contributed by atoms with Gasteiger partial charge in [-0.15, -0.1) is 0 Å². The summed E-state index contributed by atoms with van der Waals surface area (Å²) in [6.07, 6.45) is 4.44. The van der Waals surface area contributed by atoms with Crippen molar-refractivity contribution in [1.82, 2.24) is 24.3 Å². The van der Waals surface area contributed by atoms with E-state index in [-0.39, 0.29) is 18.5 Å². The highest BCUT2D eigenvalue weighted by atomic mass is 32.2. The molecule has 0 fully saturated rings. The lowest BCUT2D eigenvalue weighted by Gasteiger charge is -2.34. The molecule has 2 aromatic heterocycles. The van der Waals surface area contributed by atoms with Crippen LogP contribution in [0.15, 0.2) is 17.0 Å². The molecular weight excluding hydrogens is 334 g/mol. The Balaban J connectivity index is 1.86. The molecule has 1 aliphatic rings. The monoisotopic (exact) mass is 353 g/mol. The molecule has 0 unspecified atom stereocenters. The van der Waals surface area contributed by atoms with Crippen LogP contribution in [-0.2, 0) is 16.6 Å². The van der Waals surface area contributed by atoms with Crippen molar-refractivity contribution in [2.75, 3.05) is 19.3 Å². The fraction of sp³-hybridized carbons (Fsp3) is 0.500. The van der Waals surface area contributed by atoms with Crippen molar-refractivity contribution in [1.29, 1.82) is 0 Å². The molecule has 130 valence electrons. The quantitative estimate of drug-likeness (QED) is 0.843. The Morgan fingerprint density at radius 3 is 2.83 bits per heavy atom. The number of rotatable bonds is 4. The number of hydrogen-bond donors (Lipinski definition) is 1. The van der Waals surface area contributed by atoms with Gasteiger partial charge in [-0.25, -0.2) is 18.1 Å².